The Kier molecular flexibility index (Phi) is 8.77. The molecule has 0 atom stereocenters. The van der Waals surface area contributed by atoms with Gasteiger partial charge in [-0.1, -0.05) is 35.9 Å². The van der Waals surface area contributed by atoms with Gasteiger partial charge in [-0.25, -0.2) is 9.18 Å². The van der Waals surface area contributed by atoms with Crippen molar-refractivity contribution in [3.8, 4) is 0 Å². The van der Waals surface area contributed by atoms with E-state index in [0.29, 0.717) is 38.8 Å². The zero-order valence-electron chi connectivity index (χ0n) is 25.3. The number of carbonyl (C=O) groups is 2. The highest BCUT2D eigenvalue weighted by molar-refractivity contribution is 6.35. The first-order valence-corrected chi connectivity index (χ1v) is 15.0. The lowest BCUT2D eigenvalue weighted by Gasteiger charge is -2.11. The fraction of sp³-hybridized carbons (Fsp3) is 0.0833. The average molecular weight is 647 g/mol. The van der Waals surface area contributed by atoms with Crippen LogP contribution >= 0.6 is 11.6 Å². The maximum atomic E-state index is 13.4. The van der Waals surface area contributed by atoms with Crippen LogP contribution in [0.4, 0.5) is 21.6 Å². The Morgan fingerprint density at radius 3 is 2.40 bits per heavy atom. The number of amides is 1. The van der Waals surface area contributed by atoms with Crippen molar-refractivity contribution < 1.29 is 19.1 Å². The number of aromatic carboxylic acids is 1. The van der Waals surface area contributed by atoms with Gasteiger partial charge in [0.25, 0.3) is 5.91 Å². The number of benzene rings is 3. The summed E-state index contributed by atoms with van der Waals surface area (Å²) in [5.41, 5.74) is 6.09. The summed E-state index contributed by atoms with van der Waals surface area (Å²) in [6.07, 6.45) is 5.86. The van der Waals surface area contributed by atoms with Crippen LogP contribution in [0.15, 0.2) is 91.3 Å². The van der Waals surface area contributed by atoms with Gasteiger partial charge in [0.2, 0.25) is 0 Å². The molecule has 7 rings (SSSR count). The topological polar surface area (TPSA) is 133 Å². The number of aromatic amines is 1. The molecule has 11 heteroatoms. The van der Waals surface area contributed by atoms with Crippen LogP contribution in [-0.4, -0.2) is 37.1 Å². The van der Waals surface area contributed by atoms with E-state index in [2.05, 4.69) is 42.9 Å². The summed E-state index contributed by atoms with van der Waals surface area (Å²) in [4.78, 5) is 30.3. The van der Waals surface area contributed by atoms with Crippen LogP contribution in [0.2, 0.25) is 5.02 Å². The second-order valence-corrected chi connectivity index (χ2v) is 11.3. The van der Waals surface area contributed by atoms with Crippen LogP contribution in [0.3, 0.4) is 0 Å². The van der Waals surface area contributed by atoms with E-state index in [0.717, 1.165) is 40.0 Å². The van der Waals surface area contributed by atoms with Gasteiger partial charge in [0.1, 0.15) is 5.82 Å². The molecular formula is C36H28ClFN6O3. The molecular weight excluding hydrogens is 619 g/mol. The molecule has 0 bridgehead atoms. The Morgan fingerprint density at radius 1 is 0.979 bits per heavy atom. The third kappa shape index (κ3) is 6.73. The standard InChI is InChI=1S/C20H15ClN4.C16H13FN2O3/c21-15-5-7-16(8-6-15)23-20-18-4-2-1-3-17(18)19(24-25-20)13-14-9-11-22-12-10-14;1-7-13(18-8(2)14(7)16(21)22)6-11-10-5-9(17)3-4-12(10)19-15(11)20/h1-12H,13H2,(H,23,25);3-6,18H,1-2H3,(H,19,20)(H,21,22). The number of nitrogens with zero attached hydrogens (tertiary/aromatic N) is 3. The Hall–Kier alpha value is -5.87. The van der Waals surface area contributed by atoms with Gasteiger partial charge in [0.15, 0.2) is 5.82 Å². The summed E-state index contributed by atoms with van der Waals surface area (Å²) in [7, 11) is 0. The van der Waals surface area contributed by atoms with Gasteiger partial charge in [-0.05, 0) is 85.6 Å². The number of halogens is 2. The predicted octanol–water partition coefficient (Wildman–Crippen LogP) is 7.97. The number of nitrogens with one attached hydrogen (secondary N) is 3. The normalized spacial score (nSPS) is 12.8. The van der Waals surface area contributed by atoms with Crippen LogP contribution in [0, 0.1) is 19.7 Å². The average Bonchev–Trinajstić information content (AvgIpc) is 3.53. The number of aromatic nitrogens is 4. The Morgan fingerprint density at radius 2 is 1.70 bits per heavy atom. The summed E-state index contributed by atoms with van der Waals surface area (Å²) >= 11 is 5.95. The monoisotopic (exact) mass is 646 g/mol. The first kappa shape index (κ1) is 31.1. The van der Waals surface area contributed by atoms with Crippen molar-refractivity contribution in [1.29, 1.82) is 0 Å². The Balaban J connectivity index is 0.000000166. The SMILES string of the molecule is Cc1[nH]c(C=C2C(=O)Nc3ccc(F)cc32)c(C)c1C(=O)O.Clc1ccc(Nc2nnc(Cc3ccncc3)c3ccccc23)cc1. The van der Waals surface area contributed by atoms with E-state index in [-0.39, 0.29) is 11.5 Å². The number of anilines is 3. The van der Waals surface area contributed by atoms with Gasteiger partial charge < -0.3 is 20.7 Å². The van der Waals surface area contributed by atoms with Crippen molar-refractivity contribution in [2.24, 2.45) is 0 Å². The lowest BCUT2D eigenvalue weighted by atomic mass is 10.0. The number of carbonyl (C=O) groups excluding carboxylic acids is 1. The molecule has 0 radical (unpaired) electrons. The molecule has 0 spiro atoms. The van der Waals surface area contributed by atoms with Crippen LogP contribution in [0.25, 0.3) is 22.4 Å². The van der Waals surface area contributed by atoms with Crippen LogP contribution < -0.4 is 10.6 Å². The maximum Gasteiger partial charge on any atom is 0.337 e. The number of fused-ring (bicyclic) bond motifs is 2. The van der Waals surface area contributed by atoms with Gasteiger partial charge >= 0.3 is 5.97 Å². The number of H-pyrrole nitrogens is 1. The van der Waals surface area contributed by atoms with Crippen molar-refractivity contribution in [1.82, 2.24) is 20.2 Å². The van der Waals surface area contributed by atoms with Crippen molar-refractivity contribution in [3.05, 3.63) is 141 Å². The van der Waals surface area contributed by atoms with E-state index in [1.54, 1.807) is 32.3 Å². The summed E-state index contributed by atoms with van der Waals surface area (Å²) in [5, 5.41) is 26.9. The number of carboxylic acids is 1. The molecule has 3 aromatic carbocycles. The Labute approximate surface area is 274 Å². The summed E-state index contributed by atoms with van der Waals surface area (Å²) in [5.74, 6) is -1.08. The number of rotatable bonds is 6. The highest BCUT2D eigenvalue weighted by Gasteiger charge is 2.26. The molecule has 1 amide bonds. The van der Waals surface area contributed by atoms with Crippen molar-refractivity contribution >= 4 is 63.1 Å². The third-order valence-electron chi connectivity index (χ3n) is 7.74. The molecule has 234 valence electrons. The summed E-state index contributed by atoms with van der Waals surface area (Å²) in [6.45, 7) is 3.32. The molecule has 0 fully saturated rings. The van der Waals surface area contributed by atoms with E-state index < -0.39 is 11.8 Å². The third-order valence-corrected chi connectivity index (χ3v) is 7.99. The molecule has 0 saturated carbocycles. The lowest BCUT2D eigenvalue weighted by Crippen LogP contribution is -2.03. The Bertz CT molecular complexity index is 2160. The van der Waals surface area contributed by atoms with Crippen LogP contribution in [0.5, 0.6) is 0 Å². The van der Waals surface area contributed by atoms with Crippen LogP contribution in [-0.2, 0) is 11.2 Å². The zero-order valence-corrected chi connectivity index (χ0v) is 26.1. The second-order valence-electron chi connectivity index (χ2n) is 10.9. The molecule has 1 aliphatic rings. The molecule has 6 aromatic rings. The van der Waals surface area contributed by atoms with Gasteiger partial charge in [-0.15, -0.1) is 5.10 Å². The fourth-order valence-corrected chi connectivity index (χ4v) is 5.56. The minimum Gasteiger partial charge on any atom is -0.478 e. The molecule has 1 aliphatic heterocycles. The molecule has 9 nitrogen and oxygen atoms in total. The van der Waals surface area contributed by atoms with Crippen LogP contribution in [0.1, 0.15) is 44.1 Å². The molecule has 0 saturated heterocycles. The first-order valence-electron chi connectivity index (χ1n) is 14.6. The number of hydrogen-bond acceptors (Lipinski definition) is 6. The highest BCUT2D eigenvalue weighted by atomic mass is 35.5. The van der Waals surface area contributed by atoms with Gasteiger partial charge in [-0.2, -0.15) is 5.10 Å². The molecule has 0 aliphatic carbocycles. The molecule has 47 heavy (non-hydrogen) atoms. The lowest BCUT2D eigenvalue weighted by molar-refractivity contribution is -0.110. The first-order chi connectivity index (χ1) is 22.7. The van der Waals surface area contributed by atoms with Crippen molar-refractivity contribution in [2.75, 3.05) is 10.6 Å². The van der Waals surface area contributed by atoms with E-state index in [1.807, 2.05) is 48.5 Å². The van der Waals surface area contributed by atoms with Gasteiger partial charge in [-0.3, -0.25) is 9.78 Å². The minimum atomic E-state index is -1.03. The number of carboxylic acid groups (broad SMARTS) is 1. The number of aryl methyl sites for hydroxylation is 1. The number of hydrogen-bond donors (Lipinski definition) is 4. The molecule has 0 unspecified atom stereocenters. The fourth-order valence-electron chi connectivity index (χ4n) is 5.43. The quantitative estimate of drug-likeness (QED) is 0.135. The van der Waals surface area contributed by atoms with Gasteiger partial charge in [0, 0.05) is 62.9 Å². The molecule has 3 aromatic heterocycles. The van der Waals surface area contributed by atoms with E-state index in [1.165, 1.54) is 18.2 Å². The van der Waals surface area contributed by atoms with Crippen molar-refractivity contribution in [3.63, 3.8) is 0 Å². The molecule has 4 heterocycles. The van der Waals surface area contributed by atoms with E-state index in [4.69, 9.17) is 11.6 Å². The highest BCUT2D eigenvalue weighted by Crippen LogP contribution is 2.34. The summed E-state index contributed by atoms with van der Waals surface area (Å²) < 4.78 is 13.4. The maximum absolute atomic E-state index is 13.4. The summed E-state index contributed by atoms with van der Waals surface area (Å²) in [6, 6.07) is 23.7. The second kappa shape index (κ2) is 13.2. The largest absolute Gasteiger partial charge is 0.478 e. The smallest absolute Gasteiger partial charge is 0.337 e. The zero-order chi connectivity index (χ0) is 33.1. The predicted molar refractivity (Wildman–Crippen MR) is 181 cm³/mol. The van der Waals surface area contributed by atoms with Gasteiger partial charge in [0.05, 0.1) is 16.8 Å². The molecule has 4 N–H and O–H groups in total. The van der Waals surface area contributed by atoms with E-state index in [9.17, 15) is 19.1 Å². The number of pyridine rings is 1. The van der Waals surface area contributed by atoms with E-state index >= 15 is 0 Å². The minimum absolute atomic E-state index is 0.185. The van der Waals surface area contributed by atoms with Crippen molar-refractivity contribution in [2.45, 2.75) is 20.3 Å².